The molecule has 2 N–H and O–H groups in total. The van der Waals surface area contributed by atoms with E-state index in [9.17, 15) is 5.11 Å². The third kappa shape index (κ3) is 4.85. The highest BCUT2D eigenvalue weighted by molar-refractivity contribution is 9.11. The van der Waals surface area contributed by atoms with E-state index in [-0.39, 0.29) is 13.2 Å². The number of nitrogens with one attached hydrogen (secondary N) is 1. The first kappa shape index (κ1) is 15.9. The Morgan fingerprint density at radius 3 is 2.39 bits per heavy atom. The minimum absolute atomic E-state index is 0.191. The SMILES string of the molecule is CNCc1cc(Br)c(OCC(O)COC)c(Br)c1. The van der Waals surface area contributed by atoms with Crippen LogP contribution in [0.1, 0.15) is 5.56 Å². The Hall–Kier alpha value is -0.140. The summed E-state index contributed by atoms with van der Waals surface area (Å²) in [5, 5.41) is 12.6. The van der Waals surface area contributed by atoms with E-state index in [1.54, 1.807) is 7.11 Å². The Morgan fingerprint density at radius 2 is 1.89 bits per heavy atom. The smallest absolute Gasteiger partial charge is 0.147 e. The van der Waals surface area contributed by atoms with Crippen molar-refractivity contribution in [3.05, 3.63) is 26.6 Å². The molecular weight excluding hydrogens is 366 g/mol. The zero-order valence-corrected chi connectivity index (χ0v) is 13.5. The Labute approximate surface area is 124 Å². The predicted molar refractivity (Wildman–Crippen MR) is 78.0 cm³/mol. The molecule has 0 aliphatic rings. The standard InChI is InChI=1S/C12H17Br2NO3/c1-15-5-8-3-10(13)12(11(14)4-8)18-7-9(16)6-17-2/h3-4,9,15-16H,5-7H2,1-2H3. The lowest BCUT2D eigenvalue weighted by atomic mass is 10.2. The van der Waals surface area contributed by atoms with Gasteiger partial charge in [0.05, 0.1) is 15.6 Å². The van der Waals surface area contributed by atoms with Crippen LogP contribution in [0.4, 0.5) is 0 Å². The molecule has 1 aromatic rings. The van der Waals surface area contributed by atoms with Gasteiger partial charge in [0.2, 0.25) is 0 Å². The molecule has 0 spiro atoms. The maximum atomic E-state index is 9.54. The number of hydrogen-bond acceptors (Lipinski definition) is 4. The van der Waals surface area contributed by atoms with Crippen molar-refractivity contribution in [1.82, 2.24) is 5.32 Å². The monoisotopic (exact) mass is 381 g/mol. The highest BCUT2D eigenvalue weighted by atomic mass is 79.9. The summed E-state index contributed by atoms with van der Waals surface area (Å²) < 4.78 is 12.1. The topological polar surface area (TPSA) is 50.7 Å². The average molecular weight is 383 g/mol. The maximum Gasteiger partial charge on any atom is 0.147 e. The summed E-state index contributed by atoms with van der Waals surface area (Å²) in [6, 6.07) is 3.97. The minimum atomic E-state index is -0.634. The molecule has 1 rings (SSSR count). The maximum absolute atomic E-state index is 9.54. The molecule has 1 unspecified atom stereocenters. The van der Waals surface area contributed by atoms with Gasteiger partial charge >= 0.3 is 0 Å². The fourth-order valence-corrected chi connectivity index (χ4v) is 2.99. The fourth-order valence-electron chi connectivity index (χ4n) is 1.48. The zero-order chi connectivity index (χ0) is 13.5. The third-order valence-electron chi connectivity index (χ3n) is 2.22. The molecule has 0 saturated heterocycles. The summed E-state index contributed by atoms with van der Waals surface area (Å²) in [5.41, 5.74) is 1.14. The van der Waals surface area contributed by atoms with E-state index in [0.29, 0.717) is 5.75 Å². The molecule has 0 radical (unpaired) electrons. The van der Waals surface area contributed by atoms with Crippen LogP contribution in [0.5, 0.6) is 5.75 Å². The minimum Gasteiger partial charge on any atom is -0.488 e. The molecule has 0 bridgehead atoms. The van der Waals surface area contributed by atoms with Gasteiger partial charge in [0.15, 0.2) is 0 Å². The largest absolute Gasteiger partial charge is 0.488 e. The molecule has 0 aromatic heterocycles. The normalized spacial score (nSPS) is 12.5. The summed E-state index contributed by atoms with van der Waals surface area (Å²) in [4.78, 5) is 0. The second kappa shape index (κ2) is 8.12. The number of ether oxygens (including phenoxy) is 2. The molecule has 4 nitrogen and oxygen atoms in total. The summed E-state index contributed by atoms with van der Waals surface area (Å²) in [5.74, 6) is 0.685. The fraction of sp³-hybridized carbons (Fsp3) is 0.500. The Morgan fingerprint density at radius 1 is 1.28 bits per heavy atom. The summed E-state index contributed by atoms with van der Waals surface area (Å²) in [6.07, 6.45) is -0.634. The van der Waals surface area contributed by atoms with Crippen molar-refractivity contribution in [2.45, 2.75) is 12.6 Å². The van der Waals surface area contributed by atoms with Crippen LogP contribution in [0.2, 0.25) is 0 Å². The van der Waals surface area contributed by atoms with Gasteiger partial charge in [-0.2, -0.15) is 0 Å². The van der Waals surface area contributed by atoms with E-state index in [2.05, 4.69) is 37.2 Å². The molecule has 0 aliphatic carbocycles. The molecule has 1 aromatic carbocycles. The van der Waals surface area contributed by atoms with Gasteiger partial charge in [0.1, 0.15) is 18.5 Å². The van der Waals surface area contributed by atoms with Crippen molar-refractivity contribution in [2.24, 2.45) is 0 Å². The summed E-state index contributed by atoms with van der Waals surface area (Å²) >= 11 is 6.92. The first-order valence-electron chi connectivity index (χ1n) is 5.50. The van der Waals surface area contributed by atoms with Crippen LogP contribution >= 0.6 is 31.9 Å². The number of aliphatic hydroxyl groups is 1. The third-order valence-corrected chi connectivity index (χ3v) is 3.40. The van der Waals surface area contributed by atoms with Gasteiger partial charge < -0.3 is 19.9 Å². The second-order valence-electron chi connectivity index (χ2n) is 3.84. The Bertz CT molecular complexity index is 365. The highest BCUT2D eigenvalue weighted by Gasteiger charge is 2.11. The lowest BCUT2D eigenvalue weighted by Gasteiger charge is -2.15. The highest BCUT2D eigenvalue weighted by Crippen LogP contribution is 2.34. The van der Waals surface area contributed by atoms with Crippen molar-refractivity contribution in [3.8, 4) is 5.75 Å². The van der Waals surface area contributed by atoms with Gasteiger partial charge in [-0.3, -0.25) is 0 Å². The van der Waals surface area contributed by atoms with Crippen molar-refractivity contribution in [1.29, 1.82) is 0 Å². The number of aliphatic hydroxyl groups excluding tert-OH is 1. The molecule has 0 aliphatic heterocycles. The quantitative estimate of drug-likeness (QED) is 0.759. The van der Waals surface area contributed by atoms with E-state index in [1.807, 2.05) is 19.2 Å². The van der Waals surface area contributed by atoms with Crippen LogP contribution < -0.4 is 10.1 Å². The lowest BCUT2D eigenvalue weighted by Crippen LogP contribution is -2.22. The number of hydrogen-bond donors (Lipinski definition) is 2. The molecule has 0 saturated carbocycles. The molecule has 102 valence electrons. The Kier molecular flexibility index (Phi) is 7.18. The van der Waals surface area contributed by atoms with Gasteiger partial charge in [-0.15, -0.1) is 0 Å². The Balaban J connectivity index is 2.71. The van der Waals surface area contributed by atoms with Crippen LogP contribution in [-0.2, 0) is 11.3 Å². The first-order valence-corrected chi connectivity index (χ1v) is 7.09. The van der Waals surface area contributed by atoms with E-state index in [0.717, 1.165) is 21.1 Å². The van der Waals surface area contributed by atoms with E-state index >= 15 is 0 Å². The molecular formula is C12H17Br2NO3. The summed E-state index contributed by atoms with van der Waals surface area (Å²) in [7, 11) is 3.44. The van der Waals surface area contributed by atoms with Gasteiger partial charge in [0.25, 0.3) is 0 Å². The van der Waals surface area contributed by atoms with E-state index < -0.39 is 6.10 Å². The molecule has 0 heterocycles. The van der Waals surface area contributed by atoms with Gasteiger partial charge in [-0.25, -0.2) is 0 Å². The van der Waals surface area contributed by atoms with Gasteiger partial charge in [0, 0.05) is 13.7 Å². The number of rotatable bonds is 7. The molecule has 1 atom stereocenters. The first-order chi connectivity index (χ1) is 8.58. The van der Waals surface area contributed by atoms with Gasteiger partial charge in [-0.1, -0.05) is 0 Å². The van der Waals surface area contributed by atoms with Crippen LogP contribution in [0.25, 0.3) is 0 Å². The van der Waals surface area contributed by atoms with Crippen LogP contribution in [0, 0.1) is 0 Å². The van der Waals surface area contributed by atoms with Crippen LogP contribution in [0.15, 0.2) is 21.1 Å². The van der Waals surface area contributed by atoms with E-state index in [4.69, 9.17) is 9.47 Å². The molecule has 6 heteroatoms. The predicted octanol–water partition coefficient (Wildman–Crippen LogP) is 2.32. The average Bonchev–Trinajstić information content (AvgIpc) is 2.28. The van der Waals surface area contributed by atoms with Crippen molar-refractivity contribution in [2.75, 3.05) is 27.4 Å². The molecule has 0 amide bonds. The number of methoxy groups -OCH3 is 1. The van der Waals surface area contributed by atoms with Crippen LogP contribution in [0.3, 0.4) is 0 Å². The van der Waals surface area contributed by atoms with Crippen molar-refractivity contribution >= 4 is 31.9 Å². The van der Waals surface area contributed by atoms with E-state index in [1.165, 1.54) is 0 Å². The van der Waals surface area contributed by atoms with Crippen molar-refractivity contribution < 1.29 is 14.6 Å². The molecule has 0 fully saturated rings. The van der Waals surface area contributed by atoms with Gasteiger partial charge in [-0.05, 0) is 56.6 Å². The second-order valence-corrected chi connectivity index (χ2v) is 5.55. The van der Waals surface area contributed by atoms with Crippen molar-refractivity contribution in [3.63, 3.8) is 0 Å². The van der Waals surface area contributed by atoms with Crippen LogP contribution in [-0.4, -0.2) is 38.6 Å². The molecule has 18 heavy (non-hydrogen) atoms. The summed E-state index contributed by atoms with van der Waals surface area (Å²) in [6.45, 7) is 1.23. The lowest BCUT2D eigenvalue weighted by molar-refractivity contribution is 0.0322. The number of halogens is 2. The number of benzene rings is 1. The zero-order valence-electron chi connectivity index (χ0n) is 10.4.